The van der Waals surface area contributed by atoms with Crippen molar-refractivity contribution < 1.29 is 9.84 Å². The summed E-state index contributed by atoms with van der Waals surface area (Å²) in [4.78, 5) is 0. The molecule has 96 valence electrons. The minimum absolute atomic E-state index is 0.144. The molecule has 0 fully saturated rings. The van der Waals surface area contributed by atoms with Crippen LogP contribution in [0.4, 0.5) is 0 Å². The van der Waals surface area contributed by atoms with E-state index in [2.05, 4.69) is 28.2 Å². The highest BCUT2D eigenvalue weighted by Gasteiger charge is 2.14. The Balaban J connectivity index is 2.75. The van der Waals surface area contributed by atoms with Gasteiger partial charge in [-0.15, -0.1) is 0 Å². The maximum Gasteiger partial charge on any atom is 0.120 e. The fourth-order valence-electron chi connectivity index (χ4n) is 1.67. The molecule has 0 saturated carbocycles. The first-order valence-corrected chi connectivity index (χ1v) is 6.62. The molecule has 17 heavy (non-hydrogen) atoms. The molecule has 2 unspecified atom stereocenters. The van der Waals surface area contributed by atoms with Crippen molar-refractivity contribution in [3.63, 3.8) is 0 Å². The molecule has 2 atom stereocenters. The van der Waals surface area contributed by atoms with E-state index in [-0.39, 0.29) is 12.1 Å². The molecule has 0 spiro atoms. The molecule has 1 aromatic carbocycles. The number of ether oxygens (including phenoxy) is 1. The molecule has 0 amide bonds. The van der Waals surface area contributed by atoms with Crippen LogP contribution in [0.3, 0.4) is 0 Å². The molecule has 0 bridgehead atoms. The molecule has 0 aliphatic carbocycles. The van der Waals surface area contributed by atoms with Gasteiger partial charge in [0, 0.05) is 29.7 Å². The Morgan fingerprint density at radius 3 is 2.76 bits per heavy atom. The number of methoxy groups -OCH3 is 1. The average molecular weight is 302 g/mol. The number of phenolic OH excluding ortho intramolecular Hbond substituents is 1. The van der Waals surface area contributed by atoms with Crippen molar-refractivity contribution in [3.05, 3.63) is 28.2 Å². The van der Waals surface area contributed by atoms with Crippen molar-refractivity contribution >= 4 is 15.9 Å². The van der Waals surface area contributed by atoms with Crippen LogP contribution in [-0.4, -0.2) is 24.9 Å². The molecule has 0 aliphatic heterocycles. The van der Waals surface area contributed by atoms with E-state index < -0.39 is 0 Å². The summed E-state index contributed by atoms with van der Waals surface area (Å²) in [5.74, 6) is 0.331. The Bertz CT molecular complexity index is 357. The SMILES string of the molecule is CCC(NCC(C)OC)c1cc(Br)ccc1O. The molecule has 4 heteroatoms. The van der Waals surface area contributed by atoms with Crippen LogP contribution in [0.2, 0.25) is 0 Å². The summed E-state index contributed by atoms with van der Waals surface area (Å²) in [6.45, 7) is 4.87. The highest BCUT2D eigenvalue weighted by molar-refractivity contribution is 9.10. The van der Waals surface area contributed by atoms with Crippen molar-refractivity contribution in [2.45, 2.75) is 32.4 Å². The first-order valence-electron chi connectivity index (χ1n) is 5.83. The van der Waals surface area contributed by atoms with Gasteiger partial charge in [0.1, 0.15) is 5.75 Å². The Hall–Kier alpha value is -0.580. The third-order valence-corrected chi connectivity index (χ3v) is 3.32. The van der Waals surface area contributed by atoms with Gasteiger partial charge in [0.25, 0.3) is 0 Å². The standard InChI is InChI=1S/C13H20BrNO2/c1-4-12(15-8-9(2)17-3)11-7-10(14)5-6-13(11)16/h5-7,9,12,15-16H,4,8H2,1-3H3. The number of benzene rings is 1. The molecular weight excluding hydrogens is 282 g/mol. The van der Waals surface area contributed by atoms with E-state index in [0.717, 1.165) is 23.0 Å². The van der Waals surface area contributed by atoms with Crippen LogP contribution in [0, 0.1) is 0 Å². The lowest BCUT2D eigenvalue weighted by atomic mass is 10.0. The van der Waals surface area contributed by atoms with Gasteiger partial charge in [-0.1, -0.05) is 22.9 Å². The van der Waals surface area contributed by atoms with Crippen LogP contribution in [0.1, 0.15) is 31.9 Å². The van der Waals surface area contributed by atoms with E-state index in [4.69, 9.17) is 4.74 Å². The Morgan fingerprint density at radius 1 is 1.47 bits per heavy atom. The number of hydrogen-bond acceptors (Lipinski definition) is 3. The Morgan fingerprint density at radius 2 is 2.18 bits per heavy atom. The fraction of sp³-hybridized carbons (Fsp3) is 0.538. The smallest absolute Gasteiger partial charge is 0.120 e. The summed E-state index contributed by atoms with van der Waals surface area (Å²) < 4.78 is 6.18. The van der Waals surface area contributed by atoms with Gasteiger partial charge in [0.2, 0.25) is 0 Å². The largest absolute Gasteiger partial charge is 0.508 e. The van der Waals surface area contributed by atoms with Gasteiger partial charge < -0.3 is 15.2 Å². The van der Waals surface area contributed by atoms with Gasteiger partial charge in [0.05, 0.1) is 6.10 Å². The summed E-state index contributed by atoms with van der Waals surface area (Å²) in [6, 6.07) is 5.64. The maximum absolute atomic E-state index is 9.87. The van der Waals surface area contributed by atoms with Gasteiger partial charge in [-0.05, 0) is 31.5 Å². The van der Waals surface area contributed by atoms with Crippen LogP contribution in [0.15, 0.2) is 22.7 Å². The summed E-state index contributed by atoms with van der Waals surface area (Å²) in [6.07, 6.45) is 1.08. The van der Waals surface area contributed by atoms with Gasteiger partial charge in [-0.3, -0.25) is 0 Å². The van der Waals surface area contributed by atoms with E-state index in [0.29, 0.717) is 5.75 Å². The van der Waals surface area contributed by atoms with E-state index in [1.165, 1.54) is 0 Å². The van der Waals surface area contributed by atoms with Crippen LogP contribution in [0.5, 0.6) is 5.75 Å². The monoisotopic (exact) mass is 301 g/mol. The quantitative estimate of drug-likeness (QED) is 0.847. The fourth-order valence-corrected chi connectivity index (χ4v) is 2.05. The summed E-state index contributed by atoms with van der Waals surface area (Å²) >= 11 is 3.42. The van der Waals surface area contributed by atoms with Crippen LogP contribution < -0.4 is 5.32 Å². The van der Waals surface area contributed by atoms with Crippen molar-refractivity contribution in [3.8, 4) is 5.75 Å². The first kappa shape index (κ1) is 14.5. The number of phenols is 1. The van der Waals surface area contributed by atoms with Crippen LogP contribution >= 0.6 is 15.9 Å². The van der Waals surface area contributed by atoms with Gasteiger partial charge >= 0.3 is 0 Å². The van der Waals surface area contributed by atoms with E-state index in [9.17, 15) is 5.11 Å². The lowest BCUT2D eigenvalue weighted by Gasteiger charge is -2.21. The second-order valence-electron chi connectivity index (χ2n) is 4.12. The Kier molecular flexibility index (Phi) is 5.95. The highest BCUT2D eigenvalue weighted by atomic mass is 79.9. The predicted molar refractivity (Wildman–Crippen MR) is 73.3 cm³/mol. The lowest BCUT2D eigenvalue weighted by molar-refractivity contribution is 0.114. The van der Waals surface area contributed by atoms with Crippen LogP contribution in [-0.2, 0) is 4.74 Å². The molecule has 1 aromatic rings. The van der Waals surface area contributed by atoms with E-state index in [1.54, 1.807) is 13.2 Å². The Labute approximate surface area is 111 Å². The van der Waals surface area contributed by atoms with E-state index >= 15 is 0 Å². The third-order valence-electron chi connectivity index (χ3n) is 2.83. The van der Waals surface area contributed by atoms with Gasteiger partial charge in [-0.25, -0.2) is 0 Å². The van der Waals surface area contributed by atoms with Crippen LogP contribution in [0.25, 0.3) is 0 Å². The van der Waals surface area contributed by atoms with Crippen molar-refractivity contribution in [1.82, 2.24) is 5.32 Å². The molecular formula is C13H20BrNO2. The zero-order chi connectivity index (χ0) is 12.8. The highest BCUT2D eigenvalue weighted by Crippen LogP contribution is 2.29. The molecule has 2 N–H and O–H groups in total. The lowest BCUT2D eigenvalue weighted by Crippen LogP contribution is -2.29. The molecule has 0 saturated heterocycles. The number of rotatable bonds is 6. The van der Waals surface area contributed by atoms with Crippen molar-refractivity contribution in [1.29, 1.82) is 0 Å². The zero-order valence-corrected chi connectivity index (χ0v) is 12.1. The minimum Gasteiger partial charge on any atom is -0.508 e. The molecule has 0 aromatic heterocycles. The number of aromatic hydroxyl groups is 1. The predicted octanol–water partition coefficient (Wildman–Crippen LogP) is 3.23. The second kappa shape index (κ2) is 6.99. The molecule has 3 nitrogen and oxygen atoms in total. The van der Waals surface area contributed by atoms with Crippen molar-refractivity contribution in [2.75, 3.05) is 13.7 Å². The van der Waals surface area contributed by atoms with Gasteiger partial charge in [0.15, 0.2) is 0 Å². The van der Waals surface area contributed by atoms with Crippen molar-refractivity contribution in [2.24, 2.45) is 0 Å². The molecule has 1 rings (SSSR count). The normalized spacial score (nSPS) is 14.6. The molecule has 0 radical (unpaired) electrons. The average Bonchev–Trinajstić information content (AvgIpc) is 2.33. The number of hydrogen-bond donors (Lipinski definition) is 2. The third kappa shape index (κ3) is 4.30. The van der Waals surface area contributed by atoms with Gasteiger partial charge in [-0.2, -0.15) is 0 Å². The topological polar surface area (TPSA) is 41.5 Å². The summed E-state index contributed by atoms with van der Waals surface area (Å²) in [5.41, 5.74) is 0.921. The summed E-state index contributed by atoms with van der Waals surface area (Å²) in [7, 11) is 1.70. The zero-order valence-electron chi connectivity index (χ0n) is 10.5. The first-order chi connectivity index (χ1) is 8.08. The minimum atomic E-state index is 0.144. The molecule has 0 heterocycles. The van der Waals surface area contributed by atoms with E-state index in [1.807, 2.05) is 19.1 Å². The maximum atomic E-state index is 9.87. The second-order valence-corrected chi connectivity index (χ2v) is 5.03. The summed E-state index contributed by atoms with van der Waals surface area (Å²) in [5, 5.41) is 13.3. The molecule has 0 aliphatic rings. The number of halogens is 1. The number of nitrogens with one attached hydrogen (secondary N) is 1.